The number of ether oxygens (including phenoxy) is 5. The fraction of sp³-hybridized carbons (Fsp3) is 0.808. The van der Waals surface area contributed by atoms with Gasteiger partial charge in [0.2, 0.25) is 0 Å². The Morgan fingerprint density at radius 1 is 0.400 bits per heavy atom. The van der Waals surface area contributed by atoms with Gasteiger partial charge in [-0.05, 0) is 83.5 Å². The van der Waals surface area contributed by atoms with E-state index in [1.165, 1.54) is 173 Å². The van der Waals surface area contributed by atoms with Crippen molar-refractivity contribution >= 4 is 23.9 Å². The first-order chi connectivity index (χ1) is 41.6. The van der Waals surface area contributed by atoms with E-state index < -0.39 is 67.3 Å². The van der Waals surface area contributed by atoms with Gasteiger partial charge in [-0.2, -0.15) is 0 Å². The van der Waals surface area contributed by atoms with E-state index in [4.69, 9.17) is 23.7 Å². The van der Waals surface area contributed by atoms with E-state index in [9.17, 15) is 34.5 Å². The SMILES string of the molecule is CC/C=C\C/C=C\C/C=C\C/C=C\CCCCCCC(=O)OC(COC(=O)CCCCCCCCCCC/C=C\CCCCCCCC)COC1OC(C(=O)O)C(O)C(O)C1OC(=O)CCCCCCCCCCCCCCCCCCCCC. The van der Waals surface area contributed by atoms with Crippen molar-refractivity contribution in [3.63, 3.8) is 0 Å². The summed E-state index contributed by atoms with van der Waals surface area (Å²) in [6, 6.07) is 0. The van der Waals surface area contributed by atoms with Crippen LogP contribution >= 0.6 is 0 Å². The first-order valence-electron chi connectivity index (χ1n) is 35.3. The molecule has 3 N–H and O–H groups in total. The third kappa shape index (κ3) is 50.0. The average molecular weight is 1200 g/mol. The van der Waals surface area contributed by atoms with Gasteiger partial charge in [0.15, 0.2) is 24.6 Å². The molecule has 6 unspecified atom stereocenters. The monoisotopic (exact) mass is 1200 g/mol. The maximum Gasteiger partial charge on any atom is 0.335 e. The van der Waals surface area contributed by atoms with Gasteiger partial charge in [0.05, 0.1) is 6.61 Å². The van der Waals surface area contributed by atoms with Crippen LogP contribution < -0.4 is 0 Å². The number of carbonyl (C=O) groups is 4. The second-order valence-corrected chi connectivity index (χ2v) is 24.1. The molecule has 6 atom stereocenters. The van der Waals surface area contributed by atoms with Crippen molar-refractivity contribution < 1.29 is 58.2 Å². The van der Waals surface area contributed by atoms with Crippen LogP contribution in [0.1, 0.15) is 329 Å². The molecule has 0 aromatic rings. The van der Waals surface area contributed by atoms with Crippen LogP contribution in [-0.2, 0) is 42.9 Å². The molecule has 0 aromatic heterocycles. The molecule has 1 saturated heterocycles. The van der Waals surface area contributed by atoms with E-state index in [0.717, 1.165) is 96.3 Å². The Bertz CT molecular complexity index is 1710. The highest BCUT2D eigenvalue weighted by Gasteiger charge is 2.50. The van der Waals surface area contributed by atoms with Gasteiger partial charge < -0.3 is 39.0 Å². The molecular formula is C73H128O12. The summed E-state index contributed by atoms with van der Waals surface area (Å²) in [6.45, 7) is 5.92. The highest BCUT2D eigenvalue weighted by atomic mass is 16.7. The number of carboxylic acids is 1. The molecule has 0 spiro atoms. The van der Waals surface area contributed by atoms with Gasteiger partial charge in [0.25, 0.3) is 0 Å². The summed E-state index contributed by atoms with van der Waals surface area (Å²) in [7, 11) is 0. The zero-order valence-electron chi connectivity index (χ0n) is 54.6. The zero-order chi connectivity index (χ0) is 61.7. The van der Waals surface area contributed by atoms with Gasteiger partial charge in [-0.3, -0.25) is 14.4 Å². The number of rotatable bonds is 61. The highest BCUT2D eigenvalue weighted by molar-refractivity contribution is 5.74. The molecule has 0 aromatic carbocycles. The van der Waals surface area contributed by atoms with Crippen LogP contribution in [0.15, 0.2) is 60.8 Å². The van der Waals surface area contributed by atoms with Gasteiger partial charge >= 0.3 is 23.9 Å². The molecule has 12 heteroatoms. The predicted molar refractivity (Wildman–Crippen MR) is 349 cm³/mol. The summed E-state index contributed by atoms with van der Waals surface area (Å²) in [5.74, 6) is -3.13. The number of carbonyl (C=O) groups excluding carboxylic acids is 3. The van der Waals surface area contributed by atoms with Gasteiger partial charge in [0, 0.05) is 19.3 Å². The lowest BCUT2D eigenvalue weighted by molar-refractivity contribution is -0.301. The van der Waals surface area contributed by atoms with Crippen molar-refractivity contribution in [1.82, 2.24) is 0 Å². The Hall–Kier alpha value is -3.58. The van der Waals surface area contributed by atoms with Crippen molar-refractivity contribution in [2.45, 2.75) is 366 Å². The summed E-state index contributed by atoms with van der Waals surface area (Å²) in [6.07, 6.45) is 64.6. The van der Waals surface area contributed by atoms with E-state index in [0.29, 0.717) is 19.3 Å². The van der Waals surface area contributed by atoms with Crippen molar-refractivity contribution in [1.29, 1.82) is 0 Å². The Balaban J connectivity index is 2.63. The average Bonchev–Trinajstić information content (AvgIpc) is 3.53. The van der Waals surface area contributed by atoms with Crippen molar-refractivity contribution in [3.05, 3.63) is 60.8 Å². The van der Waals surface area contributed by atoms with Crippen LogP contribution in [0.5, 0.6) is 0 Å². The lowest BCUT2D eigenvalue weighted by Crippen LogP contribution is -2.61. The van der Waals surface area contributed by atoms with Crippen LogP contribution in [0.25, 0.3) is 0 Å². The third-order valence-corrected chi connectivity index (χ3v) is 16.1. The normalized spacial score (nSPS) is 17.8. The van der Waals surface area contributed by atoms with E-state index >= 15 is 0 Å². The topological polar surface area (TPSA) is 175 Å². The number of hydrogen-bond acceptors (Lipinski definition) is 11. The number of unbranched alkanes of at least 4 members (excludes halogenated alkanes) is 37. The highest BCUT2D eigenvalue weighted by Crippen LogP contribution is 2.27. The Morgan fingerprint density at radius 2 is 0.741 bits per heavy atom. The van der Waals surface area contributed by atoms with Crippen LogP contribution in [0.2, 0.25) is 0 Å². The first kappa shape index (κ1) is 79.4. The van der Waals surface area contributed by atoms with Crippen LogP contribution in [0.3, 0.4) is 0 Å². The Morgan fingerprint density at radius 3 is 1.14 bits per heavy atom. The van der Waals surface area contributed by atoms with Crippen molar-refractivity contribution in [2.24, 2.45) is 0 Å². The summed E-state index contributed by atoms with van der Waals surface area (Å²) >= 11 is 0. The smallest absolute Gasteiger partial charge is 0.335 e. The maximum atomic E-state index is 13.2. The summed E-state index contributed by atoms with van der Waals surface area (Å²) in [5, 5.41) is 31.7. The number of hydrogen-bond donors (Lipinski definition) is 3. The fourth-order valence-electron chi connectivity index (χ4n) is 10.7. The lowest BCUT2D eigenvalue weighted by atomic mass is 9.98. The number of carboxylic acid groups (broad SMARTS) is 1. The van der Waals surface area contributed by atoms with Crippen LogP contribution in [-0.4, -0.2) is 89.2 Å². The van der Waals surface area contributed by atoms with E-state index in [-0.39, 0.29) is 25.9 Å². The largest absolute Gasteiger partial charge is 0.479 e. The summed E-state index contributed by atoms with van der Waals surface area (Å²) < 4.78 is 28.6. The molecular weight excluding hydrogens is 1070 g/mol. The Labute approximate surface area is 519 Å². The summed E-state index contributed by atoms with van der Waals surface area (Å²) in [4.78, 5) is 51.5. The molecule has 1 aliphatic heterocycles. The third-order valence-electron chi connectivity index (χ3n) is 16.1. The minimum Gasteiger partial charge on any atom is -0.479 e. The van der Waals surface area contributed by atoms with Gasteiger partial charge in [0.1, 0.15) is 18.8 Å². The minimum atomic E-state index is -1.91. The molecule has 1 heterocycles. The molecule has 1 fully saturated rings. The maximum absolute atomic E-state index is 13.2. The second-order valence-electron chi connectivity index (χ2n) is 24.1. The van der Waals surface area contributed by atoms with E-state index in [2.05, 4.69) is 81.5 Å². The van der Waals surface area contributed by atoms with Gasteiger partial charge in [-0.25, -0.2) is 4.79 Å². The minimum absolute atomic E-state index is 0.0611. The molecule has 0 saturated carbocycles. The number of aliphatic hydroxyl groups excluding tert-OH is 2. The molecule has 0 bridgehead atoms. The molecule has 0 amide bonds. The molecule has 1 aliphatic rings. The van der Waals surface area contributed by atoms with Crippen molar-refractivity contribution in [3.8, 4) is 0 Å². The first-order valence-corrected chi connectivity index (χ1v) is 35.3. The quantitative estimate of drug-likeness (QED) is 0.0228. The fourth-order valence-corrected chi connectivity index (χ4v) is 10.7. The summed E-state index contributed by atoms with van der Waals surface area (Å²) in [5.41, 5.74) is 0. The van der Waals surface area contributed by atoms with Crippen molar-refractivity contribution in [2.75, 3.05) is 13.2 Å². The molecule has 85 heavy (non-hydrogen) atoms. The molecule has 492 valence electrons. The van der Waals surface area contributed by atoms with Gasteiger partial charge in [-0.1, -0.05) is 287 Å². The molecule has 1 rings (SSSR count). The van der Waals surface area contributed by atoms with Gasteiger partial charge in [-0.15, -0.1) is 0 Å². The van der Waals surface area contributed by atoms with E-state index in [1.54, 1.807) is 0 Å². The molecule has 0 radical (unpaired) electrons. The van der Waals surface area contributed by atoms with E-state index in [1.807, 2.05) is 0 Å². The Kier molecular flexibility index (Phi) is 56.7. The molecule has 12 nitrogen and oxygen atoms in total. The number of esters is 3. The number of aliphatic hydroxyl groups is 2. The molecule has 0 aliphatic carbocycles. The van der Waals surface area contributed by atoms with Crippen LogP contribution in [0, 0.1) is 0 Å². The number of aliphatic carboxylic acids is 1. The lowest BCUT2D eigenvalue weighted by Gasteiger charge is -2.40. The van der Waals surface area contributed by atoms with Crippen LogP contribution in [0.4, 0.5) is 0 Å². The second kappa shape index (κ2) is 60.7. The zero-order valence-corrected chi connectivity index (χ0v) is 54.6. The standard InChI is InChI=1S/C73H128O12/c1-4-7-10-13-16-19-22-25-28-31-33-36-38-41-44-47-50-53-56-59-65(74)81-62-64(83-66(75)60-57-54-51-48-45-42-39-35-30-27-24-21-18-15-12-9-6-3)63-82-73-71(69(78)68(77)70(85-73)72(79)80)84-67(76)61-58-55-52-49-46-43-40-37-34-32-29-26-23-20-17-14-11-8-5-2/h9,12,18,21,25,27-28,30,39,42,64,68-71,73,77-78H,4-8,10-11,13-17,19-20,22-24,26,29,31-38,40-41,43-63H2,1-3H3,(H,79,80)/b12-9-,21-18-,28-25-,30-27-,42-39-. The predicted octanol–water partition coefficient (Wildman–Crippen LogP) is 19.5. The number of allylic oxidation sites excluding steroid dienone is 10.